The lowest BCUT2D eigenvalue weighted by atomic mass is 10.1. The Hall–Kier alpha value is -1.52. The number of nitrogens with zero attached hydrogens (tertiary/aromatic N) is 1. The number of carbonyl (C=O) groups is 1. The number of esters is 1. The molecule has 88 valence electrons. The summed E-state index contributed by atoms with van der Waals surface area (Å²) in [5.74, 6) is -0.454. The van der Waals surface area contributed by atoms with Gasteiger partial charge >= 0.3 is 5.97 Å². The highest BCUT2D eigenvalue weighted by molar-refractivity contribution is 5.72. The maximum atomic E-state index is 12.4. The Labute approximate surface area is 92.4 Å². The third kappa shape index (κ3) is 3.25. The number of aryl methyl sites for hydroxylation is 1. The molecule has 0 spiro atoms. The minimum absolute atomic E-state index is 0.0692. The second-order valence-corrected chi connectivity index (χ2v) is 3.28. The number of alkyl halides is 2. The number of aromatic nitrogens is 1. The first-order valence-corrected chi connectivity index (χ1v) is 4.94. The van der Waals surface area contributed by atoms with Crippen molar-refractivity contribution in [1.82, 2.24) is 4.98 Å². The largest absolute Gasteiger partial charge is 0.466 e. The molecule has 0 aliphatic carbocycles. The molecule has 0 bridgehead atoms. The molecule has 0 saturated heterocycles. The fourth-order valence-electron chi connectivity index (χ4n) is 1.24. The van der Waals surface area contributed by atoms with Crippen LogP contribution in [0.5, 0.6) is 0 Å². The average Bonchev–Trinajstić information content (AvgIpc) is 2.21. The van der Waals surface area contributed by atoms with Crippen LogP contribution in [0.2, 0.25) is 0 Å². The smallest absolute Gasteiger partial charge is 0.311 e. The molecule has 0 atom stereocenters. The third-order valence-electron chi connectivity index (χ3n) is 2.06. The lowest BCUT2D eigenvalue weighted by Gasteiger charge is -2.07. The van der Waals surface area contributed by atoms with E-state index in [2.05, 4.69) is 4.98 Å². The van der Waals surface area contributed by atoms with Crippen molar-refractivity contribution < 1.29 is 18.3 Å². The van der Waals surface area contributed by atoms with Crippen LogP contribution in [-0.4, -0.2) is 17.6 Å². The van der Waals surface area contributed by atoms with Crippen molar-refractivity contribution >= 4 is 5.97 Å². The van der Waals surface area contributed by atoms with Gasteiger partial charge in [0.2, 0.25) is 0 Å². The molecule has 0 radical (unpaired) electrons. The van der Waals surface area contributed by atoms with E-state index in [-0.39, 0.29) is 18.7 Å². The molecule has 0 amide bonds. The van der Waals surface area contributed by atoms with E-state index in [0.717, 1.165) is 0 Å². The Morgan fingerprint density at radius 2 is 2.19 bits per heavy atom. The molecule has 1 rings (SSSR count). The first kappa shape index (κ1) is 12.5. The van der Waals surface area contributed by atoms with E-state index >= 15 is 0 Å². The summed E-state index contributed by atoms with van der Waals surface area (Å²) >= 11 is 0. The van der Waals surface area contributed by atoms with Gasteiger partial charge in [-0.05, 0) is 25.5 Å². The summed E-state index contributed by atoms with van der Waals surface area (Å²) in [6.07, 6.45) is -2.69. The van der Waals surface area contributed by atoms with Gasteiger partial charge in [-0.15, -0.1) is 0 Å². The van der Waals surface area contributed by atoms with Crippen molar-refractivity contribution in [2.75, 3.05) is 6.61 Å². The lowest BCUT2D eigenvalue weighted by molar-refractivity contribution is -0.142. The molecule has 0 unspecified atom stereocenters. The van der Waals surface area contributed by atoms with E-state index in [4.69, 9.17) is 4.74 Å². The van der Waals surface area contributed by atoms with Crippen molar-refractivity contribution in [1.29, 1.82) is 0 Å². The molecule has 0 aromatic carbocycles. The van der Waals surface area contributed by atoms with Crippen LogP contribution in [0.25, 0.3) is 0 Å². The van der Waals surface area contributed by atoms with Gasteiger partial charge in [0.15, 0.2) is 0 Å². The van der Waals surface area contributed by atoms with Gasteiger partial charge in [0.1, 0.15) is 5.69 Å². The molecular weight excluding hydrogens is 216 g/mol. The van der Waals surface area contributed by atoms with E-state index in [9.17, 15) is 13.6 Å². The van der Waals surface area contributed by atoms with E-state index in [0.29, 0.717) is 11.3 Å². The summed E-state index contributed by atoms with van der Waals surface area (Å²) in [6, 6.07) is 2.79. The molecular formula is C11H13F2NO2. The normalized spacial score (nSPS) is 10.6. The number of rotatable bonds is 4. The summed E-state index contributed by atoms with van der Waals surface area (Å²) in [5.41, 5.74) is 0.735. The highest BCUT2D eigenvalue weighted by Crippen LogP contribution is 2.18. The predicted octanol–water partition coefficient (Wildman–Crippen LogP) is 2.43. The molecule has 0 N–H and O–H groups in total. The molecule has 0 fully saturated rings. The van der Waals surface area contributed by atoms with Crippen LogP contribution >= 0.6 is 0 Å². The second kappa shape index (κ2) is 5.53. The van der Waals surface area contributed by atoms with Gasteiger partial charge in [-0.1, -0.05) is 6.07 Å². The predicted molar refractivity (Wildman–Crippen MR) is 54.3 cm³/mol. The van der Waals surface area contributed by atoms with Crippen LogP contribution in [-0.2, 0) is 16.0 Å². The molecule has 0 aliphatic heterocycles. The number of ether oxygens (including phenoxy) is 1. The topological polar surface area (TPSA) is 39.2 Å². The number of hydrogen-bond acceptors (Lipinski definition) is 3. The fraction of sp³-hybridized carbons (Fsp3) is 0.455. The zero-order valence-electron chi connectivity index (χ0n) is 9.17. The molecule has 5 heteroatoms. The van der Waals surface area contributed by atoms with E-state index in [1.165, 1.54) is 12.1 Å². The maximum Gasteiger partial charge on any atom is 0.311 e. The van der Waals surface area contributed by atoms with Gasteiger partial charge in [0.05, 0.1) is 18.7 Å². The summed E-state index contributed by atoms with van der Waals surface area (Å²) in [7, 11) is 0. The Morgan fingerprint density at radius 1 is 1.50 bits per heavy atom. The minimum Gasteiger partial charge on any atom is -0.466 e. The Balaban J connectivity index is 2.86. The zero-order valence-corrected chi connectivity index (χ0v) is 9.17. The molecule has 1 aromatic rings. The van der Waals surface area contributed by atoms with E-state index < -0.39 is 12.4 Å². The number of hydrogen-bond donors (Lipinski definition) is 0. The van der Waals surface area contributed by atoms with Crippen LogP contribution in [0.4, 0.5) is 8.78 Å². The number of pyridine rings is 1. The Kier molecular flexibility index (Phi) is 4.34. The van der Waals surface area contributed by atoms with Crippen LogP contribution in [0.1, 0.15) is 30.3 Å². The summed E-state index contributed by atoms with van der Waals surface area (Å²) < 4.78 is 29.5. The SMILES string of the molecule is CCOC(=O)Cc1nc(C(F)F)ccc1C. The van der Waals surface area contributed by atoms with Gasteiger partial charge < -0.3 is 4.74 Å². The highest BCUT2D eigenvalue weighted by Gasteiger charge is 2.13. The van der Waals surface area contributed by atoms with Crippen molar-refractivity contribution in [3.8, 4) is 0 Å². The molecule has 16 heavy (non-hydrogen) atoms. The third-order valence-corrected chi connectivity index (χ3v) is 2.06. The Morgan fingerprint density at radius 3 is 2.75 bits per heavy atom. The monoisotopic (exact) mass is 229 g/mol. The zero-order chi connectivity index (χ0) is 12.1. The molecule has 3 nitrogen and oxygen atoms in total. The molecule has 1 aromatic heterocycles. The van der Waals surface area contributed by atoms with Crippen LogP contribution in [0.15, 0.2) is 12.1 Å². The van der Waals surface area contributed by atoms with E-state index in [1.54, 1.807) is 13.8 Å². The van der Waals surface area contributed by atoms with Gasteiger partial charge in [-0.25, -0.2) is 8.78 Å². The van der Waals surface area contributed by atoms with Gasteiger partial charge in [0.25, 0.3) is 6.43 Å². The highest BCUT2D eigenvalue weighted by atomic mass is 19.3. The van der Waals surface area contributed by atoms with E-state index in [1.807, 2.05) is 0 Å². The van der Waals surface area contributed by atoms with Crippen molar-refractivity contribution in [2.24, 2.45) is 0 Å². The van der Waals surface area contributed by atoms with Crippen molar-refractivity contribution in [2.45, 2.75) is 26.7 Å². The first-order chi connectivity index (χ1) is 7.54. The van der Waals surface area contributed by atoms with Crippen LogP contribution in [0.3, 0.4) is 0 Å². The minimum atomic E-state index is -2.62. The average molecular weight is 229 g/mol. The quantitative estimate of drug-likeness (QED) is 0.744. The summed E-state index contributed by atoms with van der Waals surface area (Å²) in [4.78, 5) is 14.9. The molecule has 1 heterocycles. The van der Waals surface area contributed by atoms with Crippen LogP contribution in [0, 0.1) is 6.92 Å². The molecule has 0 saturated carbocycles. The second-order valence-electron chi connectivity index (χ2n) is 3.28. The van der Waals surface area contributed by atoms with Gasteiger partial charge in [0, 0.05) is 0 Å². The van der Waals surface area contributed by atoms with Crippen LogP contribution < -0.4 is 0 Å². The fourth-order valence-corrected chi connectivity index (χ4v) is 1.24. The molecule has 0 aliphatic rings. The summed E-state index contributed by atoms with van der Waals surface area (Å²) in [6.45, 7) is 3.68. The lowest BCUT2D eigenvalue weighted by Crippen LogP contribution is -2.11. The van der Waals surface area contributed by atoms with Gasteiger partial charge in [-0.3, -0.25) is 9.78 Å². The Bertz CT molecular complexity index is 380. The first-order valence-electron chi connectivity index (χ1n) is 4.94. The van der Waals surface area contributed by atoms with Gasteiger partial charge in [-0.2, -0.15) is 0 Å². The van der Waals surface area contributed by atoms with Crippen molar-refractivity contribution in [3.63, 3.8) is 0 Å². The standard InChI is InChI=1S/C11H13F2NO2/c1-3-16-10(15)6-9-7(2)4-5-8(14-9)11(12)13/h4-5,11H,3,6H2,1-2H3. The number of carbonyl (C=O) groups excluding carboxylic acids is 1. The number of halogens is 2. The summed E-state index contributed by atoms with van der Waals surface area (Å²) in [5, 5.41) is 0. The maximum absolute atomic E-state index is 12.4. The van der Waals surface area contributed by atoms with Crippen molar-refractivity contribution in [3.05, 3.63) is 29.1 Å².